The first-order valence-electron chi connectivity index (χ1n) is 4.39. The molecule has 0 spiro atoms. The quantitative estimate of drug-likeness (QED) is 0.816. The molecule has 0 radical (unpaired) electrons. The summed E-state index contributed by atoms with van der Waals surface area (Å²) in [6, 6.07) is 2.09. The molecule has 0 unspecified atom stereocenters. The van der Waals surface area contributed by atoms with Crippen LogP contribution in [0.5, 0.6) is 5.75 Å². The van der Waals surface area contributed by atoms with Gasteiger partial charge >= 0.3 is 0 Å². The summed E-state index contributed by atoms with van der Waals surface area (Å²) in [4.78, 5) is 8.30. The lowest BCUT2D eigenvalue weighted by Crippen LogP contribution is -1.93. The van der Waals surface area contributed by atoms with E-state index >= 15 is 0 Å². The maximum atomic E-state index is 5.25. The lowest BCUT2D eigenvalue weighted by molar-refractivity contribution is 0.411. The summed E-state index contributed by atoms with van der Waals surface area (Å²) in [5.74, 6) is 0.630. The van der Waals surface area contributed by atoms with Gasteiger partial charge in [0.15, 0.2) is 10.4 Å². The monoisotopic (exact) mass is 238 g/mol. The van der Waals surface area contributed by atoms with Crippen molar-refractivity contribution in [2.75, 3.05) is 7.11 Å². The lowest BCUT2D eigenvalue weighted by Gasteiger charge is -2.05. The first-order chi connectivity index (χ1) is 7.22. The molecule has 0 saturated carbocycles. The number of ether oxygens (including phenoxy) is 1. The van der Waals surface area contributed by atoms with Crippen molar-refractivity contribution in [1.29, 1.82) is 0 Å². The Kier molecular flexibility index (Phi) is 2.83. The highest BCUT2D eigenvalue weighted by Crippen LogP contribution is 2.30. The number of thiophene rings is 1. The van der Waals surface area contributed by atoms with Crippen LogP contribution in [0.25, 0.3) is 11.3 Å². The Morgan fingerprint density at radius 2 is 2.33 bits per heavy atom. The molecule has 2 aromatic rings. The molecule has 1 N–H and O–H groups in total. The summed E-state index contributed by atoms with van der Waals surface area (Å²) in [5, 5.41) is 2.07. The number of aromatic amines is 1. The molecule has 0 saturated heterocycles. The Balaban J connectivity index is 2.62. The molecule has 2 heterocycles. The van der Waals surface area contributed by atoms with Crippen molar-refractivity contribution in [3.63, 3.8) is 0 Å². The molecule has 78 valence electrons. The second-order valence-electron chi connectivity index (χ2n) is 3.06. The van der Waals surface area contributed by atoms with Crippen LogP contribution < -0.4 is 4.74 Å². The zero-order valence-electron chi connectivity index (χ0n) is 8.40. The molecule has 0 atom stereocenters. The molecular weight excluding hydrogens is 228 g/mol. The molecule has 2 rings (SSSR count). The summed E-state index contributed by atoms with van der Waals surface area (Å²) in [5.41, 5.74) is 1.98. The smallest absolute Gasteiger partial charge is 0.179 e. The van der Waals surface area contributed by atoms with E-state index in [1.54, 1.807) is 24.8 Å². The van der Waals surface area contributed by atoms with Crippen LogP contribution in [0.3, 0.4) is 0 Å². The van der Waals surface area contributed by atoms with Gasteiger partial charge in [0.2, 0.25) is 0 Å². The van der Waals surface area contributed by atoms with E-state index in [1.165, 1.54) is 4.88 Å². The normalized spacial score (nSPS) is 10.3. The first-order valence-corrected chi connectivity index (χ1v) is 5.68. The SMILES string of the molecule is COc1c(-c2csc(C)c2)[nH]cnc1=S. The number of hydrogen-bond acceptors (Lipinski definition) is 4. The second-order valence-corrected chi connectivity index (χ2v) is 4.56. The molecule has 3 nitrogen and oxygen atoms in total. The van der Waals surface area contributed by atoms with Crippen molar-refractivity contribution in [1.82, 2.24) is 9.97 Å². The number of methoxy groups -OCH3 is 1. The fourth-order valence-corrected chi connectivity index (χ4v) is 2.30. The van der Waals surface area contributed by atoms with Crippen LogP contribution in [0.4, 0.5) is 0 Å². The average Bonchev–Trinajstić information content (AvgIpc) is 2.64. The Hall–Kier alpha value is -1.20. The Labute approximate surface area is 96.8 Å². The summed E-state index contributed by atoms with van der Waals surface area (Å²) in [6.45, 7) is 2.07. The van der Waals surface area contributed by atoms with E-state index in [-0.39, 0.29) is 0 Å². The Morgan fingerprint density at radius 3 is 2.93 bits per heavy atom. The van der Waals surface area contributed by atoms with Crippen molar-refractivity contribution in [3.05, 3.63) is 27.3 Å². The fraction of sp³-hybridized carbons (Fsp3) is 0.200. The highest BCUT2D eigenvalue weighted by Gasteiger charge is 2.09. The predicted molar refractivity (Wildman–Crippen MR) is 64.0 cm³/mol. The third kappa shape index (κ3) is 1.93. The number of rotatable bonds is 2. The van der Waals surface area contributed by atoms with E-state index < -0.39 is 0 Å². The zero-order valence-corrected chi connectivity index (χ0v) is 10.0. The van der Waals surface area contributed by atoms with Gasteiger partial charge < -0.3 is 9.72 Å². The highest BCUT2D eigenvalue weighted by molar-refractivity contribution is 7.71. The van der Waals surface area contributed by atoms with Gasteiger partial charge in [-0.05, 0) is 13.0 Å². The van der Waals surface area contributed by atoms with Crippen LogP contribution in [0, 0.1) is 11.6 Å². The number of H-pyrrole nitrogens is 1. The first kappa shape index (κ1) is 10.3. The molecule has 5 heteroatoms. The number of aromatic nitrogens is 2. The van der Waals surface area contributed by atoms with Gasteiger partial charge in [-0.2, -0.15) is 0 Å². The third-order valence-corrected chi connectivity index (χ3v) is 3.19. The van der Waals surface area contributed by atoms with E-state index in [4.69, 9.17) is 17.0 Å². The van der Waals surface area contributed by atoms with Gasteiger partial charge in [0, 0.05) is 15.8 Å². The van der Waals surface area contributed by atoms with E-state index in [0.717, 1.165) is 11.3 Å². The van der Waals surface area contributed by atoms with E-state index in [1.807, 2.05) is 0 Å². The lowest BCUT2D eigenvalue weighted by atomic mass is 10.2. The van der Waals surface area contributed by atoms with Crippen LogP contribution in [0.1, 0.15) is 4.88 Å². The van der Waals surface area contributed by atoms with Gasteiger partial charge in [-0.1, -0.05) is 12.2 Å². The van der Waals surface area contributed by atoms with Crippen molar-refractivity contribution in [2.24, 2.45) is 0 Å². The molecule has 0 amide bonds. The van der Waals surface area contributed by atoms with Crippen molar-refractivity contribution >= 4 is 23.6 Å². The third-order valence-electron chi connectivity index (χ3n) is 2.04. The topological polar surface area (TPSA) is 37.9 Å². The molecule has 15 heavy (non-hydrogen) atoms. The van der Waals surface area contributed by atoms with Gasteiger partial charge in [-0.25, -0.2) is 4.98 Å². The van der Waals surface area contributed by atoms with Gasteiger partial charge in [-0.3, -0.25) is 0 Å². The standard InChI is InChI=1S/C10H10N2OS2/c1-6-3-7(4-15-6)8-9(13-2)10(14)12-5-11-8/h3-5H,1-2H3,(H,11,12,14). The molecular formula is C10H10N2OS2. The molecule has 2 aromatic heterocycles. The Morgan fingerprint density at radius 1 is 1.53 bits per heavy atom. The van der Waals surface area contributed by atoms with Gasteiger partial charge in [-0.15, -0.1) is 11.3 Å². The minimum absolute atomic E-state index is 0.482. The number of aryl methyl sites for hydroxylation is 1. The highest BCUT2D eigenvalue weighted by atomic mass is 32.1. The fourth-order valence-electron chi connectivity index (χ4n) is 1.36. The van der Waals surface area contributed by atoms with Gasteiger partial charge in [0.1, 0.15) is 0 Å². The Bertz CT molecular complexity index is 530. The number of nitrogens with zero attached hydrogens (tertiary/aromatic N) is 1. The predicted octanol–water partition coefficient (Wildman–Crippen LogP) is 3.18. The molecule has 0 fully saturated rings. The van der Waals surface area contributed by atoms with Crippen LogP contribution in [0.15, 0.2) is 17.8 Å². The van der Waals surface area contributed by atoms with E-state index in [9.17, 15) is 0 Å². The minimum Gasteiger partial charge on any atom is -0.491 e. The number of hydrogen-bond donors (Lipinski definition) is 1. The van der Waals surface area contributed by atoms with Crippen LogP contribution >= 0.6 is 23.6 Å². The van der Waals surface area contributed by atoms with E-state index in [2.05, 4.69) is 28.3 Å². The molecule has 0 bridgehead atoms. The average molecular weight is 238 g/mol. The zero-order chi connectivity index (χ0) is 10.8. The molecule has 0 aromatic carbocycles. The largest absolute Gasteiger partial charge is 0.491 e. The summed E-state index contributed by atoms with van der Waals surface area (Å²) < 4.78 is 5.73. The van der Waals surface area contributed by atoms with Crippen LogP contribution in [-0.2, 0) is 0 Å². The van der Waals surface area contributed by atoms with Gasteiger partial charge in [0.05, 0.1) is 19.1 Å². The molecule has 0 aliphatic heterocycles. The van der Waals surface area contributed by atoms with Crippen molar-refractivity contribution in [2.45, 2.75) is 6.92 Å². The summed E-state index contributed by atoms with van der Waals surface area (Å²) >= 11 is 6.79. The molecule has 0 aliphatic carbocycles. The molecule has 0 aliphatic rings. The van der Waals surface area contributed by atoms with Gasteiger partial charge in [0.25, 0.3) is 0 Å². The minimum atomic E-state index is 0.482. The van der Waals surface area contributed by atoms with Crippen molar-refractivity contribution in [3.8, 4) is 17.0 Å². The number of nitrogens with one attached hydrogen (secondary N) is 1. The van der Waals surface area contributed by atoms with Crippen molar-refractivity contribution < 1.29 is 4.74 Å². The summed E-state index contributed by atoms with van der Waals surface area (Å²) in [6.07, 6.45) is 1.59. The maximum absolute atomic E-state index is 5.25. The maximum Gasteiger partial charge on any atom is 0.179 e. The second kappa shape index (κ2) is 4.12. The summed E-state index contributed by atoms with van der Waals surface area (Å²) in [7, 11) is 1.60. The van der Waals surface area contributed by atoms with E-state index in [0.29, 0.717) is 10.4 Å². The van der Waals surface area contributed by atoms with Crippen LogP contribution in [0.2, 0.25) is 0 Å². The van der Waals surface area contributed by atoms with Crippen LogP contribution in [-0.4, -0.2) is 17.1 Å².